The van der Waals surface area contributed by atoms with Crippen molar-refractivity contribution in [2.24, 2.45) is 5.92 Å². The summed E-state index contributed by atoms with van der Waals surface area (Å²) in [6, 6.07) is 3.16. The number of ether oxygens (including phenoxy) is 1. The predicted molar refractivity (Wildman–Crippen MR) is 71.3 cm³/mol. The first-order valence-corrected chi connectivity index (χ1v) is 6.92. The van der Waals surface area contributed by atoms with Gasteiger partial charge >= 0.3 is 6.18 Å². The Balaban J connectivity index is 2.13. The zero-order valence-corrected chi connectivity index (χ0v) is 12.1. The molecule has 110 valence electrons. The van der Waals surface area contributed by atoms with Crippen molar-refractivity contribution in [3.05, 3.63) is 28.2 Å². The van der Waals surface area contributed by atoms with Crippen LogP contribution in [-0.4, -0.2) is 19.1 Å². The second-order valence-corrected chi connectivity index (χ2v) is 5.45. The Kier molecular flexibility index (Phi) is 4.70. The van der Waals surface area contributed by atoms with E-state index < -0.39 is 11.7 Å². The lowest BCUT2D eigenvalue weighted by molar-refractivity contribution is -0.137. The zero-order valence-electron chi connectivity index (χ0n) is 10.5. The minimum Gasteiger partial charge on any atom is -0.381 e. The quantitative estimate of drug-likeness (QED) is 0.879. The molecule has 0 bridgehead atoms. The summed E-state index contributed by atoms with van der Waals surface area (Å²) >= 11 is 3.14. The zero-order chi connectivity index (χ0) is 14.8. The molecule has 0 radical (unpaired) electrons. The average molecular weight is 352 g/mol. The molecule has 3 nitrogen and oxygen atoms in total. The molecule has 20 heavy (non-hydrogen) atoms. The number of halogens is 4. The maximum Gasteiger partial charge on any atom is 0.416 e. The normalized spacial score (nSPS) is 19.7. The van der Waals surface area contributed by atoms with Gasteiger partial charge in [0.25, 0.3) is 0 Å². The van der Waals surface area contributed by atoms with Crippen molar-refractivity contribution >= 4 is 27.5 Å². The summed E-state index contributed by atoms with van der Waals surface area (Å²) in [7, 11) is 0. The topological polar surface area (TPSA) is 38.3 Å². The predicted octanol–water partition coefficient (Wildman–Crippen LogP) is 3.83. The highest BCUT2D eigenvalue weighted by Gasteiger charge is 2.31. The summed E-state index contributed by atoms with van der Waals surface area (Å²) in [6.07, 6.45) is -2.97. The number of alkyl halides is 3. The lowest BCUT2D eigenvalue weighted by Crippen LogP contribution is -2.30. The number of amides is 1. The van der Waals surface area contributed by atoms with Crippen molar-refractivity contribution in [1.82, 2.24) is 0 Å². The molecule has 0 saturated carbocycles. The fraction of sp³-hybridized carbons (Fsp3) is 0.462. The Bertz CT molecular complexity index is 499. The van der Waals surface area contributed by atoms with Crippen molar-refractivity contribution in [3.8, 4) is 0 Å². The van der Waals surface area contributed by atoms with Crippen molar-refractivity contribution in [2.45, 2.75) is 19.0 Å². The van der Waals surface area contributed by atoms with Gasteiger partial charge in [-0.3, -0.25) is 4.79 Å². The molecular weight excluding hydrogens is 339 g/mol. The van der Waals surface area contributed by atoms with Crippen molar-refractivity contribution in [2.75, 3.05) is 18.5 Å². The first-order chi connectivity index (χ1) is 9.38. The fourth-order valence-corrected chi connectivity index (χ4v) is 2.33. The van der Waals surface area contributed by atoms with Gasteiger partial charge in [0, 0.05) is 11.1 Å². The second kappa shape index (κ2) is 6.13. The van der Waals surface area contributed by atoms with Gasteiger partial charge in [-0.1, -0.05) is 0 Å². The van der Waals surface area contributed by atoms with E-state index in [9.17, 15) is 18.0 Å². The molecule has 0 aromatic heterocycles. The smallest absolute Gasteiger partial charge is 0.381 e. The lowest BCUT2D eigenvalue weighted by Gasteiger charge is -2.21. The molecule has 1 aromatic rings. The van der Waals surface area contributed by atoms with Gasteiger partial charge in [-0.2, -0.15) is 13.2 Å². The standard InChI is InChI=1S/C13H13BrF3NO2/c14-10-4-3-9(13(15,16)17)6-11(10)18-12(19)8-2-1-5-20-7-8/h3-4,6,8H,1-2,5,7H2,(H,18,19). The largest absolute Gasteiger partial charge is 0.416 e. The molecule has 1 unspecified atom stereocenters. The first kappa shape index (κ1) is 15.3. The number of hydrogen-bond acceptors (Lipinski definition) is 2. The van der Waals surface area contributed by atoms with Crippen molar-refractivity contribution < 1.29 is 22.7 Å². The molecule has 1 heterocycles. The lowest BCUT2D eigenvalue weighted by atomic mass is 10.0. The third-order valence-corrected chi connectivity index (χ3v) is 3.77. The van der Waals surface area contributed by atoms with Crippen LogP contribution >= 0.6 is 15.9 Å². The number of rotatable bonds is 2. The summed E-state index contributed by atoms with van der Waals surface area (Å²) in [4.78, 5) is 12.0. The summed E-state index contributed by atoms with van der Waals surface area (Å²) < 4.78 is 43.5. The highest BCUT2D eigenvalue weighted by atomic mass is 79.9. The van der Waals surface area contributed by atoms with Gasteiger partial charge in [0.15, 0.2) is 0 Å². The minimum atomic E-state index is -4.44. The summed E-state index contributed by atoms with van der Waals surface area (Å²) in [6.45, 7) is 0.930. The molecule has 1 aromatic carbocycles. The van der Waals surface area contributed by atoms with Crippen LogP contribution < -0.4 is 5.32 Å². The summed E-state index contributed by atoms with van der Waals surface area (Å²) in [5.74, 6) is -0.630. The first-order valence-electron chi connectivity index (χ1n) is 6.13. The van der Waals surface area contributed by atoms with Crippen LogP contribution in [0.4, 0.5) is 18.9 Å². The van der Waals surface area contributed by atoms with E-state index in [0.717, 1.165) is 18.6 Å². The van der Waals surface area contributed by atoms with Crippen LogP contribution in [0.5, 0.6) is 0 Å². The van der Waals surface area contributed by atoms with Gasteiger partial charge in [0.05, 0.1) is 23.8 Å². The van der Waals surface area contributed by atoms with Gasteiger partial charge in [0.1, 0.15) is 0 Å². The Hall–Kier alpha value is -1.08. The molecule has 7 heteroatoms. The Morgan fingerprint density at radius 3 is 2.75 bits per heavy atom. The molecule has 0 spiro atoms. The summed E-state index contributed by atoms with van der Waals surface area (Å²) in [5.41, 5.74) is -0.675. The van der Waals surface area contributed by atoms with E-state index in [4.69, 9.17) is 4.74 Å². The van der Waals surface area contributed by atoms with Gasteiger partial charge in [-0.15, -0.1) is 0 Å². The highest BCUT2D eigenvalue weighted by molar-refractivity contribution is 9.10. The summed E-state index contributed by atoms with van der Waals surface area (Å²) in [5, 5.41) is 2.53. The van der Waals surface area contributed by atoms with E-state index in [1.54, 1.807) is 0 Å². The van der Waals surface area contributed by atoms with E-state index in [2.05, 4.69) is 21.2 Å². The molecular formula is C13H13BrF3NO2. The van der Waals surface area contributed by atoms with Gasteiger partial charge < -0.3 is 10.1 Å². The van der Waals surface area contributed by atoms with Crippen LogP contribution in [0.15, 0.2) is 22.7 Å². The van der Waals surface area contributed by atoms with Crippen LogP contribution in [0.25, 0.3) is 0 Å². The number of nitrogens with one attached hydrogen (secondary N) is 1. The fourth-order valence-electron chi connectivity index (χ4n) is 1.98. The van der Waals surface area contributed by atoms with E-state index in [1.807, 2.05) is 0 Å². The van der Waals surface area contributed by atoms with Gasteiger partial charge in [-0.25, -0.2) is 0 Å². The Morgan fingerprint density at radius 1 is 1.40 bits per heavy atom. The maximum absolute atomic E-state index is 12.6. The highest BCUT2D eigenvalue weighted by Crippen LogP contribution is 2.34. The number of hydrogen-bond donors (Lipinski definition) is 1. The van der Waals surface area contributed by atoms with Crippen molar-refractivity contribution in [3.63, 3.8) is 0 Å². The number of carbonyl (C=O) groups is 1. The van der Waals surface area contributed by atoms with Crippen molar-refractivity contribution in [1.29, 1.82) is 0 Å². The van der Waals surface area contributed by atoms with E-state index in [1.165, 1.54) is 6.07 Å². The van der Waals surface area contributed by atoms with Crippen LogP contribution in [0.3, 0.4) is 0 Å². The van der Waals surface area contributed by atoms with Gasteiger partial charge in [-0.05, 0) is 47.0 Å². The third kappa shape index (κ3) is 3.73. The monoisotopic (exact) mass is 351 g/mol. The van der Waals surface area contributed by atoms with E-state index in [-0.39, 0.29) is 17.5 Å². The molecule has 1 aliphatic heterocycles. The number of anilines is 1. The molecule has 1 N–H and O–H groups in total. The van der Waals surface area contributed by atoms with Gasteiger partial charge in [0.2, 0.25) is 5.91 Å². The molecule has 0 aliphatic carbocycles. The van der Waals surface area contributed by atoms with E-state index in [0.29, 0.717) is 24.1 Å². The molecule has 1 saturated heterocycles. The molecule has 1 amide bonds. The molecule has 2 rings (SSSR count). The average Bonchev–Trinajstić information content (AvgIpc) is 2.41. The van der Waals surface area contributed by atoms with Crippen LogP contribution in [0, 0.1) is 5.92 Å². The van der Waals surface area contributed by atoms with Crippen LogP contribution in [-0.2, 0) is 15.7 Å². The minimum absolute atomic E-state index is 0.121. The Morgan fingerprint density at radius 2 is 2.15 bits per heavy atom. The Labute approximate surface area is 122 Å². The molecule has 1 aliphatic rings. The molecule has 1 atom stereocenters. The second-order valence-electron chi connectivity index (χ2n) is 4.60. The number of benzene rings is 1. The molecule has 1 fully saturated rings. The van der Waals surface area contributed by atoms with Crippen LogP contribution in [0.2, 0.25) is 0 Å². The SMILES string of the molecule is O=C(Nc1cc(C(F)(F)F)ccc1Br)C1CCCOC1. The third-order valence-electron chi connectivity index (χ3n) is 3.08. The van der Waals surface area contributed by atoms with E-state index >= 15 is 0 Å². The number of carbonyl (C=O) groups excluding carboxylic acids is 1. The maximum atomic E-state index is 12.6. The van der Waals surface area contributed by atoms with Crippen LogP contribution in [0.1, 0.15) is 18.4 Å².